The number of carbonyl (C=O) groups is 2. The van der Waals surface area contributed by atoms with E-state index in [1.807, 2.05) is 0 Å². The number of benzene rings is 1. The smallest absolute Gasteiger partial charge is 0.368 e. The number of ketones is 1. The quantitative estimate of drug-likeness (QED) is 0.306. The average molecular weight is 596 g/mol. The minimum absolute atomic E-state index is 0.119. The Morgan fingerprint density at radius 1 is 1.17 bits per heavy atom. The maximum Gasteiger partial charge on any atom is 0.433 e. The molecule has 0 bridgehead atoms. The second-order valence-electron chi connectivity index (χ2n) is 12.8. The number of Topliss-reactive ketones (excluding diaryl/α,β-unsaturated/α-hetero) is 1. The van der Waals surface area contributed by atoms with Gasteiger partial charge in [0.15, 0.2) is 17.8 Å². The number of aryl methyl sites for hydroxylation is 1. The van der Waals surface area contributed by atoms with Gasteiger partial charge >= 0.3 is 6.18 Å². The second-order valence-corrected chi connectivity index (χ2v) is 13.2. The summed E-state index contributed by atoms with van der Waals surface area (Å²) in [6.45, 7) is 7.43. The van der Waals surface area contributed by atoms with Gasteiger partial charge in [-0.05, 0) is 73.8 Å². The van der Waals surface area contributed by atoms with Crippen molar-refractivity contribution in [3.05, 3.63) is 51.8 Å². The minimum atomic E-state index is -4.87. The van der Waals surface area contributed by atoms with Crippen molar-refractivity contribution >= 4 is 23.3 Å². The Morgan fingerprint density at radius 2 is 1.83 bits per heavy atom. The van der Waals surface area contributed by atoms with Gasteiger partial charge < -0.3 is 15.1 Å². The van der Waals surface area contributed by atoms with Crippen LogP contribution >= 0.6 is 11.6 Å². The molecule has 3 fully saturated rings. The monoisotopic (exact) mass is 595 g/mol. The van der Waals surface area contributed by atoms with Crippen LogP contribution < -0.4 is 0 Å². The van der Waals surface area contributed by atoms with E-state index in [-0.39, 0.29) is 47.3 Å². The summed E-state index contributed by atoms with van der Waals surface area (Å²) < 4.78 is 44.7. The predicted octanol–water partition coefficient (Wildman–Crippen LogP) is 5.91. The molecule has 3 aliphatic rings. The molecular formula is C30H37ClF3N3O4. The van der Waals surface area contributed by atoms with Gasteiger partial charge in [0.05, 0.1) is 29.4 Å². The van der Waals surface area contributed by atoms with Crippen LogP contribution in [0, 0.1) is 36.0 Å². The van der Waals surface area contributed by atoms with E-state index < -0.39 is 47.4 Å². The third-order valence-corrected chi connectivity index (χ3v) is 10.4. The van der Waals surface area contributed by atoms with Crippen molar-refractivity contribution in [1.82, 2.24) is 14.7 Å². The largest absolute Gasteiger partial charge is 0.433 e. The van der Waals surface area contributed by atoms with Crippen molar-refractivity contribution in [2.24, 2.45) is 29.1 Å². The standard InChI is InChI=1S/C30H37ClF3N3O4/c1-15-6-5-7-23(31)25(15)24(38)14-36(18-11-21-22(12-18)29(21,3)4)27(39)20-13-35-37(26(20)30(32,33)34)17-8-9-19(28(40)41)16(2)10-17/h5-7,13,16-19,21-22,28,40-41H,8-12,14H2,1-4H3/t16?,17-,18?,19?,21?,22?/m0/s1. The number of hydrogen-bond donors (Lipinski definition) is 2. The first-order chi connectivity index (χ1) is 19.1. The molecule has 224 valence electrons. The molecule has 3 saturated carbocycles. The summed E-state index contributed by atoms with van der Waals surface area (Å²) in [5, 5.41) is 23.6. The lowest BCUT2D eigenvalue weighted by Gasteiger charge is -2.36. The van der Waals surface area contributed by atoms with Crippen LogP contribution in [0.25, 0.3) is 0 Å². The predicted molar refractivity (Wildman–Crippen MR) is 146 cm³/mol. The number of aliphatic hydroxyl groups excluding tert-OH is 1. The molecule has 0 aliphatic heterocycles. The molecule has 5 atom stereocenters. The van der Waals surface area contributed by atoms with Gasteiger partial charge in [0.25, 0.3) is 5.91 Å². The van der Waals surface area contributed by atoms with Crippen molar-refractivity contribution < 1.29 is 33.0 Å². The van der Waals surface area contributed by atoms with Crippen LogP contribution in [0.5, 0.6) is 0 Å². The molecule has 0 saturated heterocycles. The molecule has 0 radical (unpaired) electrons. The van der Waals surface area contributed by atoms with Crippen molar-refractivity contribution in [3.63, 3.8) is 0 Å². The van der Waals surface area contributed by atoms with E-state index >= 15 is 0 Å². The highest BCUT2D eigenvalue weighted by atomic mass is 35.5. The van der Waals surface area contributed by atoms with Gasteiger partial charge in [-0.15, -0.1) is 0 Å². The molecule has 1 amide bonds. The van der Waals surface area contributed by atoms with Gasteiger partial charge in [-0.1, -0.05) is 44.5 Å². The normalized spacial score (nSPS) is 29.0. The highest BCUT2D eigenvalue weighted by molar-refractivity contribution is 6.34. The van der Waals surface area contributed by atoms with Crippen LogP contribution in [0.1, 0.15) is 90.9 Å². The number of amides is 1. The summed E-state index contributed by atoms with van der Waals surface area (Å²) >= 11 is 6.33. The van der Waals surface area contributed by atoms with Crippen molar-refractivity contribution in [2.75, 3.05) is 6.54 Å². The topological polar surface area (TPSA) is 95.7 Å². The number of alkyl halides is 3. The number of aromatic nitrogens is 2. The van der Waals surface area contributed by atoms with E-state index in [4.69, 9.17) is 11.6 Å². The van der Waals surface area contributed by atoms with E-state index in [2.05, 4.69) is 18.9 Å². The molecular weight excluding hydrogens is 559 g/mol. The Labute approximate surface area is 242 Å². The van der Waals surface area contributed by atoms with Crippen LogP contribution in [0.3, 0.4) is 0 Å². The number of rotatable bonds is 7. The van der Waals surface area contributed by atoms with Gasteiger partial charge in [0.2, 0.25) is 0 Å². The lowest BCUT2D eigenvalue weighted by Crippen LogP contribution is -2.44. The van der Waals surface area contributed by atoms with Gasteiger partial charge in [0.1, 0.15) is 0 Å². The Bertz CT molecular complexity index is 1310. The number of halogens is 4. The fourth-order valence-corrected chi connectivity index (χ4v) is 7.93. The van der Waals surface area contributed by atoms with Gasteiger partial charge in [-0.25, -0.2) is 0 Å². The SMILES string of the molecule is Cc1cccc(Cl)c1C(=O)CN(C(=O)c1cnn([C@H]2CCC(C(O)O)C(C)C2)c1C(F)(F)F)C1CC2C(C1)C2(C)C. The summed E-state index contributed by atoms with van der Waals surface area (Å²) in [5.41, 5.74) is -0.685. The molecule has 41 heavy (non-hydrogen) atoms. The van der Waals surface area contributed by atoms with E-state index in [0.717, 1.165) is 10.9 Å². The number of carbonyl (C=O) groups excluding carboxylic acids is 2. The zero-order valence-electron chi connectivity index (χ0n) is 23.7. The Balaban J connectivity index is 1.48. The van der Waals surface area contributed by atoms with Crippen LogP contribution in [-0.4, -0.2) is 55.5 Å². The molecule has 3 aliphatic carbocycles. The average Bonchev–Trinajstić information content (AvgIpc) is 3.29. The fourth-order valence-electron chi connectivity index (χ4n) is 7.61. The Hall–Kier alpha value is -2.43. The van der Waals surface area contributed by atoms with Crippen LogP contribution in [0.2, 0.25) is 5.02 Å². The molecule has 2 N–H and O–H groups in total. The highest BCUT2D eigenvalue weighted by Gasteiger charge is 2.63. The number of fused-ring (bicyclic) bond motifs is 1. The van der Waals surface area contributed by atoms with Gasteiger partial charge in [0, 0.05) is 17.5 Å². The zero-order valence-corrected chi connectivity index (χ0v) is 24.4. The molecule has 7 nitrogen and oxygen atoms in total. The number of nitrogens with zero attached hydrogens (tertiary/aromatic N) is 3. The summed E-state index contributed by atoms with van der Waals surface area (Å²) in [6, 6.07) is 4.00. The third kappa shape index (κ3) is 5.43. The highest BCUT2D eigenvalue weighted by Crippen LogP contribution is 2.67. The number of aliphatic hydroxyl groups is 2. The fraction of sp³-hybridized carbons (Fsp3) is 0.633. The van der Waals surface area contributed by atoms with Crippen molar-refractivity contribution in [1.29, 1.82) is 0 Å². The van der Waals surface area contributed by atoms with Gasteiger partial charge in [-0.2, -0.15) is 18.3 Å². The minimum Gasteiger partial charge on any atom is -0.368 e. The summed E-state index contributed by atoms with van der Waals surface area (Å²) in [6.07, 6.45) is -3.35. The van der Waals surface area contributed by atoms with Crippen molar-refractivity contribution in [3.8, 4) is 0 Å². The lowest BCUT2D eigenvalue weighted by atomic mass is 9.77. The lowest BCUT2D eigenvalue weighted by molar-refractivity contribution is -0.147. The molecule has 1 aromatic carbocycles. The van der Waals surface area contributed by atoms with E-state index in [1.54, 1.807) is 32.0 Å². The molecule has 5 rings (SSSR count). The summed E-state index contributed by atoms with van der Waals surface area (Å²) in [4.78, 5) is 28.9. The molecule has 4 unspecified atom stereocenters. The second kappa shape index (κ2) is 10.7. The Morgan fingerprint density at radius 3 is 2.39 bits per heavy atom. The first-order valence-corrected chi connectivity index (χ1v) is 14.6. The molecule has 2 aromatic rings. The van der Waals surface area contributed by atoms with Crippen molar-refractivity contribution in [2.45, 2.75) is 84.3 Å². The number of hydrogen-bond acceptors (Lipinski definition) is 5. The molecule has 0 spiro atoms. The van der Waals surface area contributed by atoms with Gasteiger partial charge in [-0.3, -0.25) is 14.3 Å². The zero-order chi connectivity index (χ0) is 30.0. The first kappa shape index (κ1) is 30.0. The van der Waals surface area contributed by atoms with Crippen LogP contribution in [0.4, 0.5) is 13.2 Å². The van der Waals surface area contributed by atoms with Crippen LogP contribution in [0.15, 0.2) is 24.4 Å². The molecule has 11 heteroatoms. The Kier molecular flexibility index (Phi) is 7.83. The third-order valence-electron chi connectivity index (χ3n) is 10.1. The molecule has 1 aromatic heterocycles. The summed E-state index contributed by atoms with van der Waals surface area (Å²) in [7, 11) is 0. The maximum atomic E-state index is 14.6. The summed E-state index contributed by atoms with van der Waals surface area (Å²) in [5.74, 6) is -1.27. The van der Waals surface area contributed by atoms with Crippen LogP contribution in [-0.2, 0) is 6.18 Å². The molecule has 1 heterocycles. The van der Waals surface area contributed by atoms with E-state index in [0.29, 0.717) is 36.7 Å². The maximum absolute atomic E-state index is 14.6. The van der Waals surface area contributed by atoms with E-state index in [9.17, 15) is 33.0 Å². The van der Waals surface area contributed by atoms with E-state index in [1.165, 1.54) is 4.90 Å². The first-order valence-electron chi connectivity index (χ1n) is 14.2.